The maximum atomic E-state index is 9.62. The molecule has 2 heteroatoms. The van der Waals surface area contributed by atoms with Gasteiger partial charge in [0.05, 0.1) is 12.6 Å². The Hall–Kier alpha value is -0.860. The monoisotopic (exact) mass is 261 g/mol. The first-order valence-electron chi connectivity index (χ1n) is 7.52. The van der Waals surface area contributed by atoms with Crippen LogP contribution in [0.2, 0.25) is 0 Å². The molecule has 1 unspecified atom stereocenters. The van der Waals surface area contributed by atoms with E-state index in [0.717, 1.165) is 0 Å². The second kappa shape index (κ2) is 6.53. The molecule has 0 bridgehead atoms. The minimum atomic E-state index is 0.0763. The number of hydrogen-bond acceptors (Lipinski definition) is 2. The molecule has 1 fully saturated rings. The van der Waals surface area contributed by atoms with Gasteiger partial charge in [-0.3, -0.25) is 0 Å². The van der Waals surface area contributed by atoms with Crippen LogP contribution in [0, 0.1) is 5.41 Å². The Labute approximate surface area is 117 Å². The minimum Gasteiger partial charge on any atom is -0.394 e. The quantitative estimate of drug-likeness (QED) is 0.811. The smallest absolute Gasteiger partial charge is 0.0626 e. The van der Waals surface area contributed by atoms with Gasteiger partial charge in [-0.25, -0.2) is 0 Å². The van der Waals surface area contributed by atoms with E-state index < -0.39 is 0 Å². The Kier molecular flexibility index (Phi) is 5.00. The van der Waals surface area contributed by atoms with Crippen LogP contribution < -0.4 is 5.32 Å². The first kappa shape index (κ1) is 14.5. The van der Waals surface area contributed by atoms with Crippen molar-refractivity contribution < 1.29 is 5.11 Å². The van der Waals surface area contributed by atoms with Crippen LogP contribution >= 0.6 is 0 Å². The maximum Gasteiger partial charge on any atom is 0.0626 e. The highest BCUT2D eigenvalue weighted by Gasteiger charge is 2.25. The van der Waals surface area contributed by atoms with Gasteiger partial charge in [-0.15, -0.1) is 0 Å². The zero-order valence-electron chi connectivity index (χ0n) is 12.2. The summed E-state index contributed by atoms with van der Waals surface area (Å²) in [5.41, 5.74) is 1.67. The fourth-order valence-corrected chi connectivity index (χ4v) is 3.05. The van der Waals surface area contributed by atoms with Crippen molar-refractivity contribution in [1.29, 1.82) is 0 Å². The minimum absolute atomic E-state index is 0.0763. The van der Waals surface area contributed by atoms with Crippen LogP contribution in [0.3, 0.4) is 0 Å². The second-order valence-electron chi connectivity index (χ2n) is 6.60. The molecule has 0 heterocycles. The van der Waals surface area contributed by atoms with Crippen molar-refractivity contribution >= 4 is 0 Å². The Morgan fingerprint density at radius 1 is 1.21 bits per heavy atom. The number of nitrogens with one attached hydrogen (secondary N) is 1. The van der Waals surface area contributed by atoms with Crippen LogP contribution in [0.1, 0.15) is 57.6 Å². The molecule has 2 N–H and O–H groups in total. The summed E-state index contributed by atoms with van der Waals surface area (Å²) in [7, 11) is 0. The summed E-state index contributed by atoms with van der Waals surface area (Å²) in [6.07, 6.45) is 6.33. The van der Waals surface area contributed by atoms with E-state index in [1.54, 1.807) is 0 Å². The van der Waals surface area contributed by atoms with Crippen LogP contribution in [-0.2, 0) is 0 Å². The van der Waals surface area contributed by atoms with Gasteiger partial charge in [-0.2, -0.15) is 0 Å². The summed E-state index contributed by atoms with van der Waals surface area (Å²) in [6, 6.07) is 10.9. The molecule has 0 radical (unpaired) electrons. The summed E-state index contributed by atoms with van der Waals surface area (Å²) in [4.78, 5) is 0. The van der Waals surface area contributed by atoms with E-state index in [2.05, 4.69) is 31.3 Å². The molecule has 2 atom stereocenters. The van der Waals surface area contributed by atoms with Crippen LogP contribution in [-0.4, -0.2) is 17.8 Å². The predicted molar refractivity (Wildman–Crippen MR) is 80.1 cm³/mol. The lowest BCUT2D eigenvalue weighted by molar-refractivity contribution is 0.226. The zero-order valence-corrected chi connectivity index (χ0v) is 12.2. The van der Waals surface area contributed by atoms with Crippen LogP contribution in [0.4, 0.5) is 0 Å². The van der Waals surface area contributed by atoms with Crippen molar-refractivity contribution in [1.82, 2.24) is 5.32 Å². The summed E-state index contributed by atoms with van der Waals surface area (Å²) < 4.78 is 0. The van der Waals surface area contributed by atoms with Crippen molar-refractivity contribution in [3.63, 3.8) is 0 Å². The van der Waals surface area contributed by atoms with E-state index in [4.69, 9.17) is 0 Å². The highest BCUT2D eigenvalue weighted by atomic mass is 16.3. The lowest BCUT2D eigenvalue weighted by Crippen LogP contribution is -2.34. The molecule has 0 amide bonds. The van der Waals surface area contributed by atoms with Crippen molar-refractivity contribution in [3.05, 3.63) is 35.9 Å². The van der Waals surface area contributed by atoms with Gasteiger partial charge >= 0.3 is 0 Å². The highest BCUT2D eigenvalue weighted by Crippen LogP contribution is 2.34. The van der Waals surface area contributed by atoms with Gasteiger partial charge in [0.25, 0.3) is 0 Å². The van der Waals surface area contributed by atoms with Crippen LogP contribution in [0.15, 0.2) is 30.3 Å². The van der Waals surface area contributed by atoms with E-state index in [-0.39, 0.29) is 12.6 Å². The topological polar surface area (TPSA) is 32.3 Å². The third-order valence-corrected chi connectivity index (χ3v) is 4.40. The predicted octanol–water partition coefficient (Wildman–Crippen LogP) is 3.67. The van der Waals surface area contributed by atoms with E-state index in [1.165, 1.54) is 37.7 Å². The van der Waals surface area contributed by atoms with Gasteiger partial charge in [0.2, 0.25) is 0 Å². The van der Waals surface area contributed by atoms with E-state index in [1.807, 2.05) is 18.2 Å². The SMILES string of the molecule is CC1(C)CCCC(N[C@H](CO)c2ccccc2)CC1. The second-order valence-corrected chi connectivity index (χ2v) is 6.60. The van der Waals surface area contributed by atoms with Crippen molar-refractivity contribution in [2.45, 2.75) is 58.0 Å². The van der Waals surface area contributed by atoms with Crippen molar-refractivity contribution in [2.24, 2.45) is 5.41 Å². The third-order valence-electron chi connectivity index (χ3n) is 4.40. The molecule has 1 saturated carbocycles. The largest absolute Gasteiger partial charge is 0.394 e. The van der Waals surface area contributed by atoms with Crippen LogP contribution in [0.5, 0.6) is 0 Å². The number of hydrogen-bond donors (Lipinski definition) is 2. The van der Waals surface area contributed by atoms with Gasteiger partial charge < -0.3 is 10.4 Å². The molecule has 1 aromatic carbocycles. The Balaban J connectivity index is 1.95. The normalized spacial score (nSPS) is 24.7. The Morgan fingerprint density at radius 2 is 1.95 bits per heavy atom. The standard InChI is InChI=1S/C17H27NO/c1-17(2)11-6-9-15(10-12-17)18-16(13-19)14-7-4-3-5-8-14/h3-5,7-8,15-16,18-19H,6,9-13H2,1-2H3/t15?,16-/m1/s1. The summed E-state index contributed by atoms with van der Waals surface area (Å²) >= 11 is 0. The molecular weight excluding hydrogens is 234 g/mol. The molecule has 1 aliphatic rings. The van der Waals surface area contributed by atoms with Gasteiger partial charge in [-0.1, -0.05) is 50.6 Å². The number of rotatable bonds is 4. The third kappa shape index (κ3) is 4.32. The molecule has 106 valence electrons. The zero-order chi connectivity index (χ0) is 13.7. The Morgan fingerprint density at radius 3 is 2.63 bits per heavy atom. The average Bonchev–Trinajstić information content (AvgIpc) is 2.58. The van der Waals surface area contributed by atoms with Crippen LogP contribution in [0.25, 0.3) is 0 Å². The lowest BCUT2D eigenvalue weighted by Gasteiger charge is -2.25. The maximum absolute atomic E-state index is 9.62. The molecule has 1 aromatic rings. The molecule has 2 nitrogen and oxygen atoms in total. The van der Waals surface area contributed by atoms with Gasteiger partial charge in [0.15, 0.2) is 0 Å². The first-order chi connectivity index (χ1) is 9.11. The summed E-state index contributed by atoms with van der Waals surface area (Å²) in [5.74, 6) is 0. The fourth-order valence-electron chi connectivity index (χ4n) is 3.05. The van der Waals surface area contributed by atoms with Gasteiger partial charge in [0.1, 0.15) is 0 Å². The van der Waals surface area contributed by atoms with Crippen molar-refractivity contribution in [2.75, 3.05) is 6.61 Å². The number of aliphatic hydroxyl groups is 1. The molecule has 0 aromatic heterocycles. The first-order valence-corrected chi connectivity index (χ1v) is 7.52. The molecule has 0 saturated heterocycles. The molecule has 2 rings (SSSR count). The number of aliphatic hydroxyl groups excluding tert-OH is 1. The highest BCUT2D eigenvalue weighted by molar-refractivity contribution is 5.19. The summed E-state index contributed by atoms with van der Waals surface area (Å²) in [5, 5.41) is 13.3. The molecule has 0 spiro atoms. The Bertz CT molecular complexity index is 374. The van der Waals surface area contributed by atoms with E-state index >= 15 is 0 Å². The number of benzene rings is 1. The molecule has 0 aliphatic heterocycles. The molecule has 19 heavy (non-hydrogen) atoms. The van der Waals surface area contributed by atoms with Gasteiger partial charge in [0, 0.05) is 6.04 Å². The van der Waals surface area contributed by atoms with E-state index in [0.29, 0.717) is 11.5 Å². The van der Waals surface area contributed by atoms with Crippen molar-refractivity contribution in [3.8, 4) is 0 Å². The fraction of sp³-hybridized carbons (Fsp3) is 0.647. The van der Waals surface area contributed by atoms with Gasteiger partial charge in [-0.05, 0) is 36.7 Å². The van der Waals surface area contributed by atoms with E-state index in [9.17, 15) is 5.11 Å². The molecule has 1 aliphatic carbocycles. The average molecular weight is 261 g/mol. The summed E-state index contributed by atoms with van der Waals surface area (Å²) in [6.45, 7) is 4.91. The lowest BCUT2D eigenvalue weighted by atomic mass is 9.85. The molecular formula is C17H27NO.